The molecule has 1 aliphatic rings. The molecule has 1 fully saturated rings. The van der Waals surface area contributed by atoms with E-state index in [2.05, 4.69) is 22.9 Å². The fourth-order valence-electron chi connectivity index (χ4n) is 2.59. The zero-order valence-corrected chi connectivity index (χ0v) is 10.8. The van der Waals surface area contributed by atoms with Crippen molar-refractivity contribution in [1.82, 2.24) is 9.88 Å². The summed E-state index contributed by atoms with van der Waals surface area (Å²) in [4.78, 5) is 6.60. The van der Waals surface area contributed by atoms with Gasteiger partial charge in [0, 0.05) is 24.5 Å². The summed E-state index contributed by atoms with van der Waals surface area (Å²) >= 11 is 0. The molecule has 0 spiro atoms. The molecule has 3 nitrogen and oxygen atoms in total. The molecule has 0 saturated carbocycles. The van der Waals surface area contributed by atoms with Crippen molar-refractivity contribution in [2.24, 2.45) is 0 Å². The van der Waals surface area contributed by atoms with Crippen LogP contribution in [0.25, 0.3) is 0 Å². The van der Waals surface area contributed by atoms with Crippen LogP contribution in [0.5, 0.6) is 0 Å². The smallest absolute Gasteiger partial charge is 0.0924 e. The van der Waals surface area contributed by atoms with Crippen molar-refractivity contribution in [1.29, 1.82) is 0 Å². The van der Waals surface area contributed by atoms with E-state index < -0.39 is 5.60 Å². The van der Waals surface area contributed by atoms with Crippen molar-refractivity contribution in [3.05, 3.63) is 29.6 Å². The normalized spacial score (nSPS) is 26.8. The second kappa shape index (κ2) is 5.15. The second-order valence-electron chi connectivity index (χ2n) is 5.07. The molecule has 0 aromatic carbocycles. The van der Waals surface area contributed by atoms with E-state index >= 15 is 0 Å². The Morgan fingerprint density at radius 2 is 2.18 bits per heavy atom. The Hall–Kier alpha value is -0.930. The van der Waals surface area contributed by atoms with Crippen LogP contribution in [0.2, 0.25) is 0 Å². The van der Waals surface area contributed by atoms with Crippen molar-refractivity contribution in [2.75, 3.05) is 19.6 Å². The number of aryl methyl sites for hydroxylation is 1. The molecule has 94 valence electrons. The molecule has 2 rings (SSSR count). The quantitative estimate of drug-likeness (QED) is 0.851. The topological polar surface area (TPSA) is 36.4 Å². The molecule has 2 heterocycles. The number of likely N-dealkylation sites (tertiary alicyclic amines) is 1. The fraction of sp³-hybridized carbons (Fsp3) is 0.643. The van der Waals surface area contributed by atoms with Gasteiger partial charge in [-0.2, -0.15) is 0 Å². The van der Waals surface area contributed by atoms with Crippen LogP contribution in [-0.2, 0) is 5.60 Å². The van der Waals surface area contributed by atoms with Crippen LogP contribution in [0, 0.1) is 6.92 Å². The summed E-state index contributed by atoms with van der Waals surface area (Å²) in [5.74, 6) is 0. The van der Waals surface area contributed by atoms with Crippen LogP contribution in [0.4, 0.5) is 0 Å². The molecule has 0 radical (unpaired) electrons. The Morgan fingerprint density at radius 1 is 1.35 bits per heavy atom. The summed E-state index contributed by atoms with van der Waals surface area (Å²) in [6, 6.07) is 2.06. The zero-order valence-electron chi connectivity index (χ0n) is 10.8. The van der Waals surface area contributed by atoms with Gasteiger partial charge in [0.1, 0.15) is 0 Å². The van der Waals surface area contributed by atoms with Gasteiger partial charge >= 0.3 is 0 Å². The minimum atomic E-state index is -0.678. The van der Waals surface area contributed by atoms with E-state index in [4.69, 9.17) is 0 Å². The minimum Gasteiger partial charge on any atom is -0.385 e. The maximum absolute atomic E-state index is 10.8. The van der Waals surface area contributed by atoms with Crippen LogP contribution >= 0.6 is 0 Å². The molecule has 1 aromatic rings. The van der Waals surface area contributed by atoms with Crippen LogP contribution in [0.1, 0.15) is 37.3 Å². The molecular weight excluding hydrogens is 212 g/mol. The highest BCUT2D eigenvalue weighted by Crippen LogP contribution is 2.32. The lowest BCUT2D eigenvalue weighted by molar-refractivity contribution is 0.0210. The maximum atomic E-state index is 10.8. The average molecular weight is 234 g/mol. The predicted octanol–water partition coefficient (Wildman–Crippen LogP) is 2.08. The zero-order chi connectivity index (χ0) is 12.3. The van der Waals surface area contributed by atoms with Gasteiger partial charge in [0.25, 0.3) is 0 Å². The molecule has 3 heteroatoms. The predicted molar refractivity (Wildman–Crippen MR) is 68.8 cm³/mol. The first kappa shape index (κ1) is 12.5. The summed E-state index contributed by atoms with van der Waals surface area (Å²) in [6.45, 7) is 7.34. The minimum absolute atomic E-state index is 0.678. The van der Waals surface area contributed by atoms with Crippen molar-refractivity contribution in [3.63, 3.8) is 0 Å². The van der Waals surface area contributed by atoms with Gasteiger partial charge in [-0.3, -0.25) is 4.98 Å². The van der Waals surface area contributed by atoms with Gasteiger partial charge in [-0.05, 0) is 44.8 Å². The van der Waals surface area contributed by atoms with Crippen LogP contribution in [0.15, 0.2) is 18.5 Å². The molecule has 1 atom stereocenters. The third-order valence-corrected chi connectivity index (χ3v) is 3.77. The number of hydrogen-bond donors (Lipinski definition) is 1. The molecular formula is C14H22N2O. The Kier molecular flexibility index (Phi) is 3.79. The first-order valence-corrected chi connectivity index (χ1v) is 6.51. The van der Waals surface area contributed by atoms with E-state index in [0.29, 0.717) is 0 Å². The number of hydrogen-bond acceptors (Lipinski definition) is 3. The van der Waals surface area contributed by atoms with Crippen LogP contribution in [0.3, 0.4) is 0 Å². The molecule has 1 saturated heterocycles. The van der Waals surface area contributed by atoms with Gasteiger partial charge in [-0.15, -0.1) is 0 Å². The number of aromatic nitrogens is 1. The number of nitrogens with zero attached hydrogens (tertiary/aromatic N) is 2. The van der Waals surface area contributed by atoms with Gasteiger partial charge < -0.3 is 10.0 Å². The first-order chi connectivity index (χ1) is 8.14. The van der Waals surface area contributed by atoms with Gasteiger partial charge in [0.05, 0.1) is 5.60 Å². The first-order valence-electron chi connectivity index (χ1n) is 6.51. The molecule has 17 heavy (non-hydrogen) atoms. The van der Waals surface area contributed by atoms with Gasteiger partial charge in [-0.1, -0.05) is 13.0 Å². The van der Waals surface area contributed by atoms with Crippen LogP contribution < -0.4 is 0 Å². The summed E-state index contributed by atoms with van der Waals surface area (Å²) in [7, 11) is 0. The Bertz CT molecular complexity index is 380. The second-order valence-corrected chi connectivity index (χ2v) is 5.07. The lowest BCUT2D eigenvalue weighted by Gasteiger charge is -2.27. The lowest BCUT2D eigenvalue weighted by atomic mass is 9.87. The summed E-state index contributed by atoms with van der Waals surface area (Å²) < 4.78 is 0. The van der Waals surface area contributed by atoms with Gasteiger partial charge in [0.2, 0.25) is 0 Å². The third kappa shape index (κ3) is 2.85. The van der Waals surface area contributed by atoms with E-state index in [1.54, 1.807) is 0 Å². The van der Waals surface area contributed by atoms with E-state index in [0.717, 1.165) is 50.0 Å². The molecule has 1 aliphatic heterocycles. The van der Waals surface area contributed by atoms with Gasteiger partial charge in [-0.25, -0.2) is 0 Å². The molecule has 0 bridgehead atoms. The highest BCUT2D eigenvalue weighted by molar-refractivity contribution is 5.23. The van der Waals surface area contributed by atoms with E-state index in [9.17, 15) is 5.11 Å². The summed E-state index contributed by atoms with van der Waals surface area (Å²) in [5, 5.41) is 10.8. The van der Waals surface area contributed by atoms with E-state index in [-0.39, 0.29) is 0 Å². The number of pyridine rings is 1. The Labute approximate surface area is 103 Å². The fourth-order valence-corrected chi connectivity index (χ4v) is 2.59. The molecule has 0 amide bonds. The van der Waals surface area contributed by atoms with Crippen molar-refractivity contribution in [2.45, 2.75) is 38.7 Å². The molecule has 1 N–H and O–H groups in total. The molecule has 1 aromatic heterocycles. The Morgan fingerprint density at radius 3 is 2.88 bits per heavy atom. The summed E-state index contributed by atoms with van der Waals surface area (Å²) in [5.41, 5.74) is 1.42. The van der Waals surface area contributed by atoms with Crippen molar-refractivity contribution >= 4 is 0 Å². The highest BCUT2D eigenvalue weighted by atomic mass is 16.3. The van der Waals surface area contributed by atoms with Gasteiger partial charge in [0.15, 0.2) is 0 Å². The largest absolute Gasteiger partial charge is 0.385 e. The van der Waals surface area contributed by atoms with Crippen LogP contribution in [-0.4, -0.2) is 34.6 Å². The van der Waals surface area contributed by atoms with Crippen molar-refractivity contribution in [3.8, 4) is 0 Å². The number of rotatable bonds is 2. The SMILES string of the molecule is CCN1CCCC(O)(c2cncc(C)c2)CC1. The average Bonchev–Trinajstić information content (AvgIpc) is 2.52. The van der Waals surface area contributed by atoms with Crippen molar-refractivity contribution < 1.29 is 5.11 Å². The third-order valence-electron chi connectivity index (χ3n) is 3.77. The standard InChI is InChI=1S/C14H22N2O/c1-3-16-7-4-5-14(17,6-8-16)13-9-12(2)10-15-11-13/h9-11,17H,3-8H2,1-2H3. The van der Waals surface area contributed by atoms with E-state index in [1.165, 1.54) is 0 Å². The lowest BCUT2D eigenvalue weighted by Crippen LogP contribution is -2.29. The number of aliphatic hydroxyl groups is 1. The maximum Gasteiger partial charge on any atom is 0.0924 e. The molecule has 1 unspecified atom stereocenters. The van der Waals surface area contributed by atoms with E-state index in [1.807, 2.05) is 19.3 Å². The highest BCUT2D eigenvalue weighted by Gasteiger charge is 2.31. The monoisotopic (exact) mass is 234 g/mol. The summed E-state index contributed by atoms with van der Waals surface area (Å²) in [6.07, 6.45) is 6.36. The molecule has 0 aliphatic carbocycles. The Balaban J connectivity index is 2.18.